The van der Waals surface area contributed by atoms with Gasteiger partial charge in [0, 0.05) is 12.2 Å². The van der Waals surface area contributed by atoms with Crippen LogP contribution in [0, 0.1) is 6.92 Å². The van der Waals surface area contributed by atoms with Gasteiger partial charge in [-0.1, -0.05) is 24.3 Å². The van der Waals surface area contributed by atoms with Gasteiger partial charge in [0.25, 0.3) is 5.91 Å². The Morgan fingerprint density at radius 3 is 2.90 bits per heavy atom. The highest BCUT2D eigenvalue weighted by molar-refractivity contribution is 6.07. The molecular weight excluding hydrogens is 252 g/mol. The van der Waals surface area contributed by atoms with Crippen molar-refractivity contribution in [1.82, 2.24) is 0 Å². The number of hydrogen-bond acceptors (Lipinski definition) is 3. The fraction of sp³-hybridized carbons (Fsp3) is 0.188. The number of aryl methyl sites for hydroxylation is 1. The summed E-state index contributed by atoms with van der Waals surface area (Å²) in [5.74, 6) is 0.477. The molecular formula is C16H16N2O2. The molecule has 0 saturated carbocycles. The third kappa shape index (κ3) is 2.32. The first kappa shape index (κ1) is 12.5. The second kappa shape index (κ2) is 5.25. The predicted molar refractivity (Wildman–Crippen MR) is 79.6 cm³/mol. The van der Waals surface area contributed by atoms with E-state index in [-0.39, 0.29) is 5.91 Å². The number of carbonyl (C=O) groups is 1. The minimum absolute atomic E-state index is 0.153. The number of anilines is 2. The molecule has 2 N–H and O–H groups in total. The van der Waals surface area contributed by atoms with Gasteiger partial charge < -0.3 is 15.4 Å². The van der Waals surface area contributed by atoms with Crippen LogP contribution in [0.2, 0.25) is 0 Å². The van der Waals surface area contributed by atoms with E-state index >= 15 is 0 Å². The normalized spacial score (nSPS) is 12.8. The third-order valence-corrected chi connectivity index (χ3v) is 3.32. The lowest BCUT2D eigenvalue weighted by Crippen LogP contribution is -2.22. The Hall–Kier alpha value is -2.49. The van der Waals surface area contributed by atoms with Crippen LogP contribution in [0.15, 0.2) is 42.5 Å². The van der Waals surface area contributed by atoms with Gasteiger partial charge in [-0.15, -0.1) is 0 Å². The fourth-order valence-electron chi connectivity index (χ4n) is 2.25. The number of ether oxygens (including phenoxy) is 1. The van der Waals surface area contributed by atoms with Gasteiger partial charge in [0.05, 0.1) is 11.3 Å². The van der Waals surface area contributed by atoms with Crippen molar-refractivity contribution in [1.29, 1.82) is 0 Å². The van der Waals surface area contributed by atoms with E-state index in [1.165, 1.54) is 0 Å². The zero-order valence-electron chi connectivity index (χ0n) is 11.3. The minimum Gasteiger partial charge on any atom is -0.489 e. The maximum Gasteiger partial charge on any atom is 0.259 e. The quantitative estimate of drug-likeness (QED) is 0.880. The standard InChI is InChI=1S/C16H16N2O2/c1-11-5-2-3-7-13(11)18-16(19)12-6-4-8-14-15(12)20-10-9-17-14/h2-8,17H,9-10H2,1H3,(H,18,19). The van der Waals surface area contributed by atoms with E-state index in [0.29, 0.717) is 17.9 Å². The Kier molecular flexibility index (Phi) is 3.29. The molecule has 1 amide bonds. The van der Waals surface area contributed by atoms with Gasteiger partial charge in [-0.25, -0.2) is 0 Å². The Bertz CT molecular complexity index is 653. The number of amides is 1. The maximum absolute atomic E-state index is 12.4. The molecule has 4 nitrogen and oxygen atoms in total. The molecule has 0 atom stereocenters. The summed E-state index contributed by atoms with van der Waals surface area (Å²) in [7, 11) is 0. The van der Waals surface area contributed by atoms with Crippen LogP contribution in [0.25, 0.3) is 0 Å². The monoisotopic (exact) mass is 268 g/mol. The summed E-state index contributed by atoms with van der Waals surface area (Å²) in [4.78, 5) is 12.4. The first-order chi connectivity index (χ1) is 9.75. The molecule has 2 aromatic rings. The van der Waals surface area contributed by atoms with Crippen LogP contribution in [-0.2, 0) is 0 Å². The zero-order valence-corrected chi connectivity index (χ0v) is 11.3. The van der Waals surface area contributed by atoms with Crippen molar-refractivity contribution in [2.45, 2.75) is 6.92 Å². The molecule has 0 aromatic heterocycles. The summed E-state index contributed by atoms with van der Waals surface area (Å²) in [6, 6.07) is 13.3. The molecule has 1 aliphatic heterocycles. The maximum atomic E-state index is 12.4. The van der Waals surface area contributed by atoms with Gasteiger partial charge in [-0.05, 0) is 30.7 Å². The Labute approximate surface area is 117 Å². The lowest BCUT2D eigenvalue weighted by atomic mass is 10.1. The lowest BCUT2D eigenvalue weighted by molar-refractivity contribution is 0.102. The van der Waals surface area contributed by atoms with Crippen LogP contribution in [0.1, 0.15) is 15.9 Å². The van der Waals surface area contributed by atoms with Gasteiger partial charge in [-0.2, -0.15) is 0 Å². The molecule has 3 rings (SSSR count). The second-order valence-corrected chi connectivity index (χ2v) is 4.73. The molecule has 0 aliphatic carbocycles. The molecule has 0 saturated heterocycles. The van der Waals surface area contributed by atoms with Gasteiger partial charge in [-0.3, -0.25) is 4.79 Å². The van der Waals surface area contributed by atoms with Crippen LogP contribution in [0.4, 0.5) is 11.4 Å². The second-order valence-electron chi connectivity index (χ2n) is 4.73. The first-order valence-electron chi connectivity index (χ1n) is 6.62. The SMILES string of the molecule is Cc1ccccc1NC(=O)c1cccc2c1OCCN2. The Morgan fingerprint density at radius 2 is 2.05 bits per heavy atom. The van der Waals surface area contributed by atoms with Crippen molar-refractivity contribution in [3.63, 3.8) is 0 Å². The van der Waals surface area contributed by atoms with E-state index in [0.717, 1.165) is 23.5 Å². The largest absolute Gasteiger partial charge is 0.489 e. The van der Waals surface area contributed by atoms with Gasteiger partial charge in [0.1, 0.15) is 6.61 Å². The summed E-state index contributed by atoms with van der Waals surface area (Å²) < 4.78 is 5.62. The molecule has 102 valence electrons. The highest BCUT2D eigenvalue weighted by atomic mass is 16.5. The number of benzene rings is 2. The molecule has 1 heterocycles. The molecule has 1 aliphatic rings. The molecule has 0 fully saturated rings. The van der Waals surface area contributed by atoms with Crippen LogP contribution in [0.3, 0.4) is 0 Å². The van der Waals surface area contributed by atoms with Crippen molar-refractivity contribution in [3.05, 3.63) is 53.6 Å². The topological polar surface area (TPSA) is 50.4 Å². The van der Waals surface area contributed by atoms with Crippen molar-refractivity contribution in [3.8, 4) is 5.75 Å². The number of carbonyl (C=O) groups excluding carboxylic acids is 1. The van der Waals surface area contributed by atoms with E-state index < -0.39 is 0 Å². The first-order valence-corrected chi connectivity index (χ1v) is 6.62. The molecule has 2 aromatic carbocycles. The van der Waals surface area contributed by atoms with E-state index in [1.54, 1.807) is 6.07 Å². The molecule has 0 spiro atoms. The number of rotatable bonds is 2. The Balaban J connectivity index is 1.90. The fourth-order valence-corrected chi connectivity index (χ4v) is 2.25. The summed E-state index contributed by atoms with van der Waals surface area (Å²) in [6.07, 6.45) is 0. The van der Waals surface area contributed by atoms with Crippen LogP contribution >= 0.6 is 0 Å². The lowest BCUT2D eigenvalue weighted by Gasteiger charge is -2.21. The van der Waals surface area contributed by atoms with E-state index in [9.17, 15) is 4.79 Å². The van der Waals surface area contributed by atoms with Crippen molar-refractivity contribution in [2.75, 3.05) is 23.8 Å². The molecule has 4 heteroatoms. The number of hydrogen-bond donors (Lipinski definition) is 2. The summed E-state index contributed by atoms with van der Waals surface area (Å²) in [5.41, 5.74) is 3.27. The van der Waals surface area contributed by atoms with Crippen molar-refractivity contribution >= 4 is 17.3 Å². The summed E-state index contributed by atoms with van der Waals surface area (Å²) in [6.45, 7) is 3.30. The van der Waals surface area contributed by atoms with Crippen LogP contribution < -0.4 is 15.4 Å². The zero-order chi connectivity index (χ0) is 13.9. The van der Waals surface area contributed by atoms with Crippen molar-refractivity contribution in [2.24, 2.45) is 0 Å². The number of para-hydroxylation sites is 2. The highest BCUT2D eigenvalue weighted by Crippen LogP contribution is 2.31. The highest BCUT2D eigenvalue weighted by Gasteiger charge is 2.19. The average Bonchev–Trinajstić information content (AvgIpc) is 2.49. The van der Waals surface area contributed by atoms with Gasteiger partial charge >= 0.3 is 0 Å². The minimum atomic E-state index is -0.153. The number of fused-ring (bicyclic) bond motifs is 1. The van der Waals surface area contributed by atoms with Gasteiger partial charge in [0.15, 0.2) is 5.75 Å². The third-order valence-electron chi connectivity index (χ3n) is 3.32. The van der Waals surface area contributed by atoms with Crippen molar-refractivity contribution < 1.29 is 9.53 Å². The molecule has 0 unspecified atom stereocenters. The van der Waals surface area contributed by atoms with E-state index in [1.807, 2.05) is 43.3 Å². The molecule has 0 bridgehead atoms. The summed E-state index contributed by atoms with van der Waals surface area (Å²) >= 11 is 0. The summed E-state index contributed by atoms with van der Waals surface area (Å²) in [5, 5.41) is 6.16. The molecule has 20 heavy (non-hydrogen) atoms. The predicted octanol–water partition coefficient (Wildman–Crippen LogP) is 3.05. The number of nitrogens with one attached hydrogen (secondary N) is 2. The van der Waals surface area contributed by atoms with E-state index in [4.69, 9.17) is 4.74 Å². The molecule has 0 radical (unpaired) electrons. The average molecular weight is 268 g/mol. The Morgan fingerprint density at radius 1 is 1.20 bits per heavy atom. The van der Waals surface area contributed by atoms with Crippen LogP contribution in [0.5, 0.6) is 5.75 Å². The van der Waals surface area contributed by atoms with Crippen LogP contribution in [-0.4, -0.2) is 19.1 Å². The smallest absolute Gasteiger partial charge is 0.259 e. The van der Waals surface area contributed by atoms with E-state index in [2.05, 4.69) is 10.6 Å². The van der Waals surface area contributed by atoms with Gasteiger partial charge in [0.2, 0.25) is 0 Å².